The van der Waals surface area contributed by atoms with Gasteiger partial charge in [-0.1, -0.05) is 42.6 Å². The number of nitrogens with zero attached hydrogens (tertiary/aromatic N) is 3. The molecule has 2 atom stereocenters. The van der Waals surface area contributed by atoms with Gasteiger partial charge in [0.15, 0.2) is 6.61 Å². The Labute approximate surface area is 214 Å². The number of carboxylic acids is 1. The third kappa shape index (κ3) is 5.72. The van der Waals surface area contributed by atoms with Gasteiger partial charge in [0.25, 0.3) is 5.91 Å². The van der Waals surface area contributed by atoms with Gasteiger partial charge in [0.05, 0.1) is 16.8 Å². The van der Waals surface area contributed by atoms with E-state index >= 15 is 0 Å². The molecule has 0 aliphatic carbocycles. The molecule has 2 heterocycles. The third-order valence-corrected chi connectivity index (χ3v) is 6.85. The van der Waals surface area contributed by atoms with Gasteiger partial charge in [-0.3, -0.25) is 15.2 Å². The number of hydrazone groups is 1. The number of hydrogen-bond donors (Lipinski definition) is 2. The second kappa shape index (κ2) is 10.8. The fraction of sp³-hybridized carbons (Fsp3) is 0.400. The highest BCUT2D eigenvalue weighted by Crippen LogP contribution is 2.43. The number of nitrogens with one attached hydrogen (secondary N) is 1. The van der Waals surface area contributed by atoms with E-state index in [0.29, 0.717) is 27.2 Å². The number of piperidine rings is 1. The molecule has 0 aromatic heterocycles. The lowest BCUT2D eigenvalue weighted by Gasteiger charge is -2.29. The number of hydrogen-bond acceptors (Lipinski definition) is 6. The Balaban J connectivity index is 1.67. The Kier molecular flexibility index (Phi) is 7.84. The van der Waals surface area contributed by atoms with Crippen molar-refractivity contribution in [1.29, 1.82) is 0 Å². The third-order valence-electron chi connectivity index (χ3n) is 6.31. The van der Waals surface area contributed by atoms with E-state index in [1.165, 1.54) is 6.42 Å². The standard InChI is InChI=1S/C25H28Cl2N4O4/c1-15-12-18(35-14-22(32)33)7-8-19(15)24-16(2)23(25(34)29-30-10-4-3-5-11-30)28-31(24)21-9-6-17(26)13-20(21)27/h6-9,12-13,16,24H,3-5,10-11,14H2,1-2H3,(H,29,34)(H,32,33). The van der Waals surface area contributed by atoms with Crippen LogP contribution in [-0.4, -0.2) is 47.4 Å². The Bertz CT molecular complexity index is 1150. The molecule has 0 bridgehead atoms. The summed E-state index contributed by atoms with van der Waals surface area (Å²) < 4.78 is 5.33. The molecule has 35 heavy (non-hydrogen) atoms. The first-order valence-corrected chi connectivity index (χ1v) is 12.3. The van der Waals surface area contributed by atoms with Crippen LogP contribution in [-0.2, 0) is 9.59 Å². The number of aliphatic carboxylic acids is 1. The number of carbonyl (C=O) groups excluding carboxylic acids is 1. The lowest BCUT2D eigenvalue weighted by atomic mass is 9.88. The number of amides is 1. The van der Waals surface area contributed by atoms with E-state index in [0.717, 1.165) is 37.1 Å². The van der Waals surface area contributed by atoms with E-state index < -0.39 is 12.6 Å². The zero-order chi connectivity index (χ0) is 25.1. The summed E-state index contributed by atoms with van der Waals surface area (Å²) in [7, 11) is 0. The lowest BCUT2D eigenvalue weighted by molar-refractivity contribution is -0.139. The molecule has 1 saturated heterocycles. The summed E-state index contributed by atoms with van der Waals surface area (Å²) in [5.74, 6) is -1.07. The summed E-state index contributed by atoms with van der Waals surface area (Å²) in [5.41, 5.74) is 5.88. The Morgan fingerprint density at radius 1 is 1.14 bits per heavy atom. The molecular weight excluding hydrogens is 491 g/mol. The fourth-order valence-electron chi connectivity index (χ4n) is 4.58. The number of hydrazine groups is 1. The Morgan fingerprint density at radius 2 is 1.89 bits per heavy atom. The maximum Gasteiger partial charge on any atom is 0.341 e. The van der Waals surface area contributed by atoms with E-state index in [1.807, 2.05) is 24.9 Å². The summed E-state index contributed by atoms with van der Waals surface area (Å²) in [5, 5.41) is 18.3. The summed E-state index contributed by atoms with van der Waals surface area (Å²) in [6, 6.07) is 10.3. The Hall–Kier alpha value is -2.81. The van der Waals surface area contributed by atoms with Crippen molar-refractivity contribution in [2.24, 2.45) is 11.0 Å². The average Bonchev–Trinajstić information content (AvgIpc) is 3.15. The van der Waals surface area contributed by atoms with Crippen LogP contribution in [0.4, 0.5) is 5.69 Å². The lowest BCUT2D eigenvalue weighted by Crippen LogP contribution is -2.48. The number of aryl methyl sites for hydroxylation is 1. The van der Waals surface area contributed by atoms with Gasteiger partial charge < -0.3 is 9.84 Å². The minimum Gasteiger partial charge on any atom is -0.482 e. The molecule has 1 amide bonds. The molecule has 0 radical (unpaired) electrons. The van der Waals surface area contributed by atoms with Crippen molar-refractivity contribution in [2.75, 3.05) is 24.7 Å². The predicted molar refractivity (Wildman–Crippen MR) is 136 cm³/mol. The molecule has 2 aliphatic rings. The zero-order valence-corrected chi connectivity index (χ0v) is 21.1. The number of benzene rings is 2. The maximum absolute atomic E-state index is 13.3. The van der Waals surface area contributed by atoms with E-state index in [9.17, 15) is 9.59 Å². The first-order valence-electron chi connectivity index (χ1n) is 11.6. The zero-order valence-electron chi connectivity index (χ0n) is 19.6. The van der Waals surface area contributed by atoms with Crippen LogP contribution in [0, 0.1) is 12.8 Å². The monoisotopic (exact) mass is 518 g/mol. The van der Waals surface area contributed by atoms with Crippen molar-refractivity contribution in [3.8, 4) is 5.75 Å². The van der Waals surface area contributed by atoms with E-state index in [4.69, 9.17) is 38.1 Å². The molecule has 2 aromatic carbocycles. The molecular formula is C25H28Cl2N4O4. The molecule has 8 nitrogen and oxygen atoms in total. The van der Waals surface area contributed by atoms with Crippen LogP contribution in [0.3, 0.4) is 0 Å². The molecule has 4 rings (SSSR count). The van der Waals surface area contributed by atoms with Gasteiger partial charge >= 0.3 is 5.97 Å². The summed E-state index contributed by atoms with van der Waals surface area (Å²) in [4.78, 5) is 24.1. The fourth-order valence-corrected chi connectivity index (χ4v) is 5.07. The quantitative estimate of drug-likeness (QED) is 0.544. The minimum absolute atomic E-state index is 0.226. The van der Waals surface area contributed by atoms with Crippen molar-refractivity contribution in [3.63, 3.8) is 0 Å². The molecule has 1 fully saturated rings. The molecule has 0 saturated carbocycles. The molecule has 0 spiro atoms. The van der Waals surface area contributed by atoms with Crippen molar-refractivity contribution in [3.05, 3.63) is 57.6 Å². The largest absolute Gasteiger partial charge is 0.482 e. The SMILES string of the molecule is Cc1cc(OCC(=O)O)ccc1C1C(C)C(C(=O)NN2CCCCC2)=NN1c1ccc(Cl)cc1Cl. The molecule has 10 heteroatoms. The van der Waals surface area contributed by atoms with Gasteiger partial charge in [-0.15, -0.1) is 0 Å². The number of ether oxygens (including phenoxy) is 1. The molecule has 2 aromatic rings. The van der Waals surface area contributed by atoms with Gasteiger partial charge in [0.2, 0.25) is 0 Å². The van der Waals surface area contributed by atoms with E-state index in [2.05, 4.69) is 5.43 Å². The maximum atomic E-state index is 13.3. The summed E-state index contributed by atoms with van der Waals surface area (Å²) in [6.07, 6.45) is 3.26. The van der Waals surface area contributed by atoms with Crippen LogP contribution in [0.1, 0.15) is 43.4 Å². The average molecular weight is 519 g/mol. The van der Waals surface area contributed by atoms with Gasteiger partial charge in [-0.25, -0.2) is 9.80 Å². The van der Waals surface area contributed by atoms with Crippen LogP contribution in [0.25, 0.3) is 0 Å². The van der Waals surface area contributed by atoms with Crippen LogP contribution in [0.5, 0.6) is 5.75 Å². The van der Waals surface area contributed by atoms with Crippen molar-refractivity contribution in [2.45, 2.75) is 39.2 Å². The molecule has 2 unspecified atom stereocenters. The van der Waals surface area contributed by atoms with Gasteiger partial charge in [-0.2, -0.15) is 5.10 Å². The van der Waals surface area contributed by atoms with Crippen LogP contribution < -0.4 is 15.2 Å². The highest BCUT2D eigenvalue weighted by atomic mass is 35.5. The highest BCUT2D eigenvalue weighted by molar-refractivity contribution is 6.41. The Morgan fingerprint density at radius 3 is 2.54 bits per heavy atom. The van der Waals surface area contributed by atoms with E-state index in [-0.39, 0.29) is 17.9 Å². The number of carbonyl (C=O) groups is 2. The summed E-state index contributed by atoms with van der Waals surface area (Å²) >= 11 is 12.7. The number of anilines is 1. The van der Waals surface area contributed by atoms with Crippen molar-refractivity contribution in [1.82, 2.24) is 10.4 Å². The molecule has 2 N–H and O–H groups in total. The minimum atomic E-state index is -1.04. The molecule has 2 aliphatic heterocycles. The summed E-state index contributed by atoms with van der Waals surface area (Å²) in [6.45, 7) is 5.11. The van der Waals surface area contributed by atoms with Gasteiger partial charge in [0.1, 0.15) is 11.5 Å². The van der Waals surface area contributed by atoms with Gasteiger partial charge in [0, 0.05) is 24.0 Å². The second-order valence-corrected chi connectivity index (χ2v) is 9.69. The van der Waals surface area contributed by atoms with Gasteiger partial charge in [-0.05, 0) is 61.2 Å². The van der Waals surface area contributed by atoms with Crippen molar-refractivity contribution < 1.29 is 19.4 Å². The first-order chi connectivity index (χ1) is 16.7. The van der Waals surface area contributed by atoms with E-state index in [1.54, 1.807) is 35.3 Å². The van der Waals surface area contributed by atoms with Crippen LogP contribution in [0.15, 0.2) is 41.5 Å². The number of rotatable bonds is 7. The first kappa shape index (κ1) is 25.3. The van der Waals surface area contributed by atoms with Crippen LogP contribution in [0.2, 0.25) is 10.0 Å². The van der Waals surface area contributed by atoms with Crippen molar-refractivity contribution >= 4 is 46.5 Å². The highest BCUT2D eigenvalue weighted by Gasteiger charge is 2.41. The number of halogens is 2. The van der Waals surface area contributed by atoms with Crippen LogP contribution >= 0.6 is 23.2 Å². The topological polar surface area (TPSA) is 94.5 Å². The predicted octanol–water partition coefficient (Wildman–Crippen LogP) is 4.84. The molecule has 186 valence electrons. The smallest absolute Gasteiger partial charge is 0.341 e. The number of carboxylic acid groups (broad SMARTS) is 1. The normalized spacial score (nSPS) is 20.5. The second-order valence-electron chi connectivity index (χ2n) is 8.85.